The van der Waals surface area contributed by atoms with Crippen LogP contribution < -0.4 is 10.0 Å². The van der Waals surface area contributed by atoms with Gasteiger partial charge in [-0.15, -0.1) is 0 Å². The van der Waals surface area contributed by atoms with E-state index in [1.54, 1.807) is 30.3 Å². The Morgan fingerprint density at radius 3 is 2.40 bits per heavy atom. The highest BCUT2D eigenvalue weighted by Gasteiger charge is 2.13. The van der Waals surface area contributed by atoms with Crippen molar-refractivity contribution in [2.45, 2.75) is 17.7 Å². The Morgan fingerprint density at radius 1 is 1.00 bits per heavy atom. The summed E-state index contributed by atoms with van der Waals surface area (Å²) in [6, 6.07) is 13.2. The van der Waals surface area contributed by atoms with Gasteiger partial charge in [-0.25, -0.2) is 13.1 Å². The van der Waals surface area contributed by atoms with Gasteiger partial charge in [0.05, 0.1) is 4.90 Å². The number of halogens is 2. The second kappa shape index (κ2) is 9.20. The van der Waals surface area contributed by atoms with E-state index in [0.717, 1.165) is 5.56 Å². The van der Waals surface area contributed by atoms with E-state index in [-0.39, 0.29) is 23.8 Å². The van der Waals surface area contributed by atoms with Crippen molar-refractivity contribution in [3.8, 4) is 0 Å². The third-order valence-corrected chi connectivity index (χ3v) is 5.49. The lowest BCUT2D eigenvalue weighted by Gasteiger charge is -2.08. The molecule has 8 heteroatoms. The van der Waals surface area contributed by atoms with Gasteiger partial charge in [0, 0.05) is 29.6 Å². The fraction of sp³-hybridized carbons (Fsp3) is 0.235. The van der Waals surface area contributed by atoms with Crippen LogP contribution in [0.4, 0.5) is 0 Å². The van der Waals surface area contributed by atoms with Gasteiger partial charge in [-0.3, -0.25) is 4.79 Å². The molecule has 0 saturated heterocycles. The van der Waals surface area contributed by atoms with Crippen LogP contribution in [0.15, 0.2) is 53.4 Å². The highest BCUT2D eigenvalue weighted by molar-refractivity contribution is 7.89. The van der Waals surface area contributed by atoms with Crippen LogP contribution in [0.5, 0.6) is 0 Å². The second-order valence-electron chi connectivity index (χ2n) is 5.30. The fourth-order valence-corrected chi connectivity index (χ4v) is 3.69. The Morgan fingerprint density at radius 2 is 1.72 bits per heavy atom. The Balaban J connectivity index is 1.72. The molecule has 0 radical (unpaired) electrons. The number of benzene rings is 2. The third-order valence-electron chi connectivity index (χ3n) is 3.43. The molecule has 0 heterocycles. The van der Waals surface area contributed by atoms with E-state index >= 15 is 0 Å². The molecule has 0 unspecified atom stereocenters. The maximum absolute atomic E-state index is 12.0. The zero-order valence-corrected chi connectivity index (χ0v) is 15.7. The molecule has 25 heavy (non-hydrogen) atoms. The van der Waals surface area contributed by atoms with E-state index in [0.29, 0.717) is 23.0 Å². The van der Waals surface area contributed by atoms with Crippen LogP contribution in [-0.4, -0.2) is 27.4 Å². The number of amides is 1. The van der Waals surface area contributed by atoms with E-state index in [1.165, 1.54) is 12.1 Å². The van der Waals surface area contributed by atoms with Crippen molar-refractivity contribution in [2.24, 2.45) is 0 Å². The van der Waals surface area contributed by atoms with E-state index in [2.05, 4.69) is 10.0 Å². The molecular weight excluding hydrogens is 383 g/mol. The number of hydrogen-bond donors (Lipinski definition) is 2. The Hall–Kier alpha value is -1.60. The molecule has 0 aromatic heterocycles. The monoisotopic (exact) mass is 400 g/mol. The lowest BCUT2D eigenvalue weighted by molar-refractivity contribution is -0.120. The number of sulfonamides is 1. The minimum atomic E-state index is -3.59. The van der Waals surface area contributed by atoms with Gasteiger partial charge < -0.3 is 5.32 Å². The number of carbonyl (C=O) groups excluding carboxylic acids is 1. The first-order chi connectivity index (χ1) is 11.9. The molecule has 0 aliphatic heterocycles. The zero-order valence-electron chi connectivity index (χ0n) is 13.3. The zero-order chi connectivity index (χ0) is 18.3. The largest absolute Gasteiger partial charge is 0.356 e. The second-order valence-corrected chi connectivity index (χ2v) is 7.91. The molecule has 2 aromatic carbocycles. The molecule has 0 atom stereocenters. The molecule has 0 aliphatic carbocycles. The van der Waals surface area contributed by atoms with Crippen molar-refractivity contribution in [1.82, 2.24) is 10.0 Å². The van der Waals surface area contributed by atoms with Crippen LogP contribution >= 0.6 is 23.2 Å². The number of rotatable bonds is 8. The predicted molar refractivity (Wildman–Crippen MR) is 99.4 cm³/mol. The lowest BCUT2D eigenvalue weighted by atomic mass is 10.1. The Labute approximate surface area is 157 Å². The standard InChI is InChI=1S/C17H18Cl2N2O3S/c18-14-7-6-13(16(19)12-14)8-10-20-17(22)9-11-21-25(23,24)15-4-2-1-3-5-15/h1-7,12,21H,8-11H2,(H,20,22). The number of nitrogens with one attached hydrogen (secondary N) is 2. The first-order valence-electron chi connectivity index (χ1n) is 7.64. The first kappa shape index (κ1) is 19.7. The summed E-state index contributed by atoms with van der Waals surface area (Å²) in [5.74, 6) is -0.235. The van der Waals surface area contributed by atoms with Crippen molar-refractivity contribution >= 4 is 39.1 Å². The summed E-state index contributed by atoms with van der Waals surface area (Å²) < 4.78 is 26.4. The number of hydrogen-bond acceptors (Lipinski definition) is 3. The van der Waals surface area contributed by atoms with Gasteiger partial charge in [-0.2, -0.15) is 0 Å². The van der Waals surface area contributed by atoms with Gasteiger partial charge in [0.2, 0.25) is 15.9 Å². The SMILES string of the molecule is O=C(CCNS(=O)(=O)c1ccccc1)NCCc1ccc(Cl)cc1Cl. The quantitative estimate of drug-likeness (QED) is 0.714. The summed E-state index contributed by atoms with van der Waals surface area (Å²) >= 11 is 11.9. The molecule has 2 N–H and O–H groups in total. The van der Waals surface area contributed by atoms with E-state index in [1.807, 2.05) is 6.07 Å². The van der Waals surface area contributed by atoms with E-state index < -0.39 is 10.0 Å². The molecule has 0 spiro atoms. The first-order valence-corrected chi connectivity index (χ1v) is 9.88. The number of carbonyl (C=O) groups is 1. The predicted octanol–water partition coefficient (Wildman–Crippen LogP) is 3.02. The minimum Gasteiger partial charge on any atom is -0.356 e. The van der Waals surface area contributed by atoms with E-state index in [4.69, 9.17) is 23.2 Å². The van der Waals surface area contributed by atoms with Crippen LogP contribution in [0.3, 0.4) is 0 Å². The van der Waals surface area contributed by atoms with Crippen LogP contribution in [0.2, 0.25) is 10.0 Å². The van der Waals surface area contributed by atoms with Gasteiger partial charge in [0.25, 0.3) is 0 Å². The molecule has 0 aliphatic rings. The van der Waals surface area contributed by atoms with Crippen LogP contribution in [0.1, 0.15) is 12.0 Å². The van der Waals surface area contributed by atoms with Crippen molar-refractivity contribution < 1.29 is 13.2 Å². The molecular formula is C17H18Cl2N2O3S. The molecule has 0 saturated carbocycles. The minimum absolute atomic E-state index is 0.0325. The van der Waals surface area contributed by atoms with Gasteiger partial charge in [-0.1, -0.05) is 47.5 Å². The van der Waals surface area contributed by atoms with E-state index in [9.17, 15) is 13.2 Å². The molecule has 134 valence electrons. The van der Waals surface area contributed by atoms with Gasteiger partial charge in [0.15, 0.2) is 0 Å². The van der Waals surface area contributed by atoms with Crippen molar-refractivity contribution in [1.29, 1.82) is 0 Å². The maximum Gasteiger partial charge on any atom is 0.240 e. The summed E-state index contributed by atoms with van der Waals surface area (Å²) in [5, 5.41) is 3.85. The summed E-state index contributed by atoms with van der Waals surface area (Å²) in [4.78, 5) is 12.0. The molecule has 1 amide bonds. The highest BCUT2D eigenvalue weighted by Crippen LogP contribution is 2.21. The molecule has 2 aromatic rings. The Bertz CT molecular complexity index is 827. The molecule has 2 rings (SSSR count). The summed E-state index contributed by atoms with van der Waals surface area (Å²) in [5.41, 5.74) is 0.885. The average molecular weight is 401 g/mol. The molecule has 5 nitrogen and oxygen atoms in total. The average Bonchev–Trinajstić information content (AvgIpc) is 2.57. The van der Waals surface area contributed by atoms with Crippen LogP contribution in [-0.2, 0) is 21.2 Å². The summed E-state index contributed by atoms with van der Waals surface area (Å²) in [7, 11) is -3.59. The third kappa shape index (κ3) is 6.32. The van der Waals surface area contributed by atoms with Crippen LogP contribution in [0.25, 0.3) is 0 Å². The lowest BCUT2D eigenvalue weighted by Crippen LogP contribution is -2.31. The van der Waals surface area contributed by atoms with Gasteiger partial charge >= 0.3 is 0 Å². The smallest absolute Gasteiger partial charge is 0.240 e. The summed E-state index contributed by atoms with van der Waals surface area (Å²) in [6.45, 7) is 0.441. The summed E-state index contributed by atoms with van der Waals surface area (Å²) in [6.07, 6.45) is 0.623. The Kier molecular flexibility index (Phi) is 7.25. The van der Waals surface area contributed by atoms with Gasteiger partial charge in [0.1, 0.15) is 0 Å². The normalized spacial score (nSPS) is 11.3. The highest BCUT2D eigenvalue weighted by atomic mass is 35.5. The molecule has 0 bridgehead atoms. The topological polar surface area (TPSA) is 75.3 Å². The fourth-order valence-electron chi connectivity index (χ4n) is 2.13. The van der Waals surface area contributed by atoms with Crippen molar-refractivity contribution in [2.75, 3.05) is 13.1 Å². The van der Waals surface area contributed by atoms with Gasteiger partial charge in [-0.05, 0) is 36.2 Å². The molecule has 0 fully saturated rings. The maximum atomic E-state index is 12.0. The van der Waals surface area contributed by atoms with Crippen molar-refractivity contribution in [3.63, 3.8) is 0 Å². The van der Waals surface area contributed by atoms with Crippen molar-refractivity contribution in [3.05, 3.63) is 64.1 Å². The van der Waals surface area contributed by atoms with Crippen LogP contribution in [0, 0.1) is 0 Å².